The number of hydrogen-bond donors (Lipinski definition) is 0. The minimum atomic E-state index is -0.260. The summed E-state index contributed by atoms with van der Waals surface area (Å²) in [5.74, 6) is -0.144. The van der Waals surface area contributed by atoms with Crippen molar-refractivity contribution in [1.82, 2.24) is 9.78 Å². The van der Waals surface area contributed by atoms with E-state index in [1.807, 2.05) is 54.6 Å². The highest BCUT2D eigenvalue weighted by molar-refractivity contribution is 5.97. The molecule has 0 aliphatic carbocycles. The van der Waals surface area contributed by atoms with Gasteiger partial charge >= 0.3 is 0 Å². The van der Waals surface area contributed by atoms with Crippen LogP contribution in [0.3, 0.4) is 0 Å². The van der Waals surface area contributed by atoms with E-state index in [0.717, 1.165) is 10.9 Å². The molecule has 0 bridgehead atoms. The van der Waals surface area contributed by atoms with Crippen molar-refractivity contribution in [1.29, 1.82) is 0 Å². The van der Waals surface area contributed by atoms with Crippen LogP contribution >= 0.6 is 0 Å². The molecule has 4 nitrogen and oxygen atoms in total. The lowest BCUT2D eigenvalue weighted by Gasteiger charge is -2.11. The second kappa shape index (κ2) is 6.76. The van der Waals surface area contributed by atoms with Crippen LogP contribution in [0.5, 0.6) is 0 Å². The maximum Gasteiger partial charge on any atom is 0.275 e. The highest BCUT2D eigenvalue weighted by Gasteiger charge is 2.14. The third kappa shape index (κ3) is 2.93. The third-order valence-electron chi connectivity index (χ3n) is 4.30. The topological polar surface area (TPSA) is 52.0 Å². The number of carbonyl (C=O) groups excluding carboxylic acids is 1. The zero-order chi connectivity index (χ0) is 17.9. The summed E-state index contributed by atoms with van der Waals surface area (Å²) in [7, 11) is 0. The Morgan fingerprint density at radius 2 is 1.35 bits per heavy atom. The third-order valence-corrected chi connectivity index (χ3v) is 4.30. The maximum atomic E-state index is 12.8. The van der Waals surface area contributed by atoms with Crippen LogP contribution in [0.4, 0.5) is 0 Å². The van der Waals surface area contributed by atoms with Crippen LogP contribution in [-0.2, 0) is 6.54 Å². The van der Waals surface area contributed by atoms with Crippen LogP contribution in [0.1, 0.15) is 10.4 Å². The number of benzene rings is 3. The molecule has 0 N–H and O–H groups in total. The fourth-order valence-electron chi connectivity index (χ4n) is 3.00. The Morgan fingerprint density at radius 3 is 2.04 bits per heavy atom. The fourth-order valence-corrected chi connectivity index (χ4v) is 3.00. The van der Waals surface area contributed by atoms with Crippen LogP contribution < -0.4 is 5.56 Å². The van der Waals surface area contributed by atoms with Crippen molar-refractivity contribution in [2.75, 3.05) is 0 Å². The van der Waals surface area contributed by atoms with Crippen molar-refractivity contribution in [3.05, 3.63) is 101 Å². The van der Waals surface area contributed by atoms with Gasteiger partial charge in [0.1, 0.15) is 6.54 Å². The number of hydrogen-bond acceptors (Lipinski definition) is 3. The first-order valence-electron chi connectivity index (χ1n) is 8.37. The van der Waals surface area contributed by atoms with Crippen LogP contribution in [0.2, 0.25) is 0 Å². The zero-order valence-electron chi connectivity index (χ0n) is 14.0. The molecule has 1 aromatic heterocycles. The van der Waals surface area contributed by atoms with E-state index in [4.69, 9.17) is 0 Å². The van der Waals surface area contributed by atoms with Gasteiger partial charge in [0, 0.05) is 16.5 Å². The molecule has 0 atom stereocenters. The molecule has 0 fully saturated rings. The van der Waals surface area contributed by atoms with E-state index in [1.54, 1.807) is 30.3 Å². The number of ketones is 1. The molecule has 4 rings (SSSR count). The number of nitrogens with zero attached hydrogens (tertiary/aromatic N) is 2. The maximum absolute atomic E-state index is 12.8. The Bertz CT molecular complexity index is 1130. The quantitative estimate of drug-likeness (QED) is 0.529. The molecule has 126 valence electrons. The molecule has 0 spiro atoms. The Labute approximate surface area is 150 Å². The molecule has 0 unspecified atom stereocenters. The Kier molecular flexibility index (Phi) is 4.15. The monoisotopic (exact) mass is 340 g/mol. The van der Waals surface area contributed by atoms with Gasteiger partial charge in [0.2, 0.25) is 0 Å². The largest absolute Gasteiger partial charge is 0.292 e. The normalized spacial score (nSPS) is 10.8. The molecule has 0 radical (unpaired) electrons. The minimum Gasteiger partial charge on any atom is -0.292 e. The smallest absolute Gasteiger partial charge is 0.275 e. The summed E-state index contributed by atoms with van der Waals surface area (Å²) in [5, 5.41) is 5.86. The SMILES string of the molecule is O=C(Cn1nc(-c2ccccc2)c2ccccc2c1=O)c1ccccc1. The molecular formula is C22H16N2O2. The lowest BCUT2D eigenvalue weighted by atomic mass is 10.1. The molecular weight excluding hydrogens is 324 g/mol. The van der Waals surface area contributed by atoms with Gasteiger partial charge in [0.25, 0.3) is 5.56 Å². The average Bonchev–Trinajstić information content (AvgIpc) is 2.71. The predicted molar refractivity (Wildman–Crippen MR) is 102 cm³/mol. The first-order valence-corrected chi connectivity index (χ1v) is 8.37. The van der Waals surface area contributed by atoms with Gasteiger partial charge in [-0.05, 0) is 6.07 Å². The highest BCUT2D eigenvalue weighted by atomic mass is 16.1. The lowest BCUT2D eigenvalue weighted by Crippen LogP contribution is -2.27. The summed E-state index contributed by atoms with van der Waals surface area (Å²) in [6.45, 7) is -0.0898. The van der Waals surface area contributed by atoms with Gasteiger partial charge in [-0.2, -0.15) is 5.10 Å². The standard InChI is InChI=1S/C22H16N2O2/c25-20(16-9-3-1-4-10-16)15-24-22(26)19-14-8-7-13-18(19)21(23-24)17-11-5-2-6-12-17/h1-14H,15H2. The van der Waals surface area contributed by atoms with Gasteiger partial charge < -0.3 is 0 Å². The van der Waals surface area contributed by atoms with E-state index in [9.17, 15) is 9.59 Å². The van der Waals surface area contributed by atoms with Crippen LogP contribution in [0.15, 0.2) is 89.7 Å². The van der Waals surface area contributed by atoms with Crippen molar-refractivity contribution in [2.24, 2.45) is 0 Å². The average molecular weight is 340 g/mol. The molecule has 0 saturated carbocycles. The van der Waals surface area contributed by atoms with Crippen LogP contribution in [0, 0.1) is 0 Å². The van der Waals surface area contributed by atoms with Crippen molar-refractivity contribution >= 4 is 16.6 Å². The van der Waals surface area contributed by atoms with Gasteiger partial charge in [-0.3, -0.25) is 9.59 Å². The van der Waals surface area contributed by atoms with Gasteiger partial charge in [-0.1, -0.05) is 78.9 Å². The first-order chi connectivity index (χ1) is 12.7. The molecule has 0 saturated heterocycles. The predicted octanol–water partition coefficient (Wildman–Crippen LogP) is 3.95. The second-order valence-corrected chi connectivity index (χ2v) is 6.01. The number of rotatable bonds is 4. The number of carbonyl (C=O) groups is 1. The van der Waals surface area contributed by atoms with Crippen LogP contribution in [0.25, 0.3) is 22.0 Å². The van der Waals surface area contributed by atoms with Gasteiger partial charge in [0.15, 0.2) is 5.78 Å². The molecule has 3 aromatic carbocycles. The summed E-state index contributed by atoms with van der Waals surface area (Å²) in [6.07, 6.45) is 0. The Balaban J connectivity index is 1.87. The van der Waals surface area contributed by atoms with E-state index < -0.39 is 0 Å². The molecule has 1 heterocycles. The summed E-state index contributed by atoms with van der Waals surface area (Å²) in [6, 6.07) is 26.0. The zero-order valence-corrected chi connectivity index (χ0v) is 14.0. The minimum absolute atomic E-state index is 0.0898. The molecule has 0 aliphatic heterocycles. The summed E-state index contributed by atoms with van der Waals surface area (Å²) in [4.78, 5) is 25.4. The van der Waals surface area contributed by atoms with Crippen molar-refractivity contribution in [3.63, 3.8) is 0 Å². The van der Waals surface area contributed by atoms with Crippen molar-refractivity contribution < 1.29 is 4.79 Å². The van der Waals surface area contributed by atoms with Gasteiger partial charge in [0.05, 0.1) is 11.1 Å². The second-order valence-electron chi connectivity index (χ2n) is 6.01. The first kappa shape index (κ1) is 16.0. The summed E-state index contributed by atoms with van der Waals surface area (Å²) in [5.41, 5.74) is 1.91. The Hall–Kier alpha value is -3.53. The molecule has 4 aromatic rings. The van der Waals surface area contributed by atoms with Crippen molar-refractivity contribution in [3.8, 4) is 11.3 Å². The van der Waals surface area contributed by atoms with E-state index in [0.29, 0.717) is 16.6 Å². The lowest BCUT2D eigenvalue weighted by molar-refractivity contribution is 0.0966. The van der Waals surface area contributed by atoms with E-state index >= 15 is 0 Å². The molecule has 26 heavy (non-hydrogen) atoms. The fraction of sp³-hybridized carbons (Fsp3) is 0.0455. The van der Waals surface area contributed by atoms with E-state index in [1.165, 1.54) is 4.68 Å². The van der Waals surface area contributed by atoms with Gasteiger partial charge in [-0.15, -0.1) is 0 Å². The number of Topliss-reactive ketones (excluding diaryl/α,β-unsaturated/α-hetero) is 1. The van der Waals surface area contributed by atoms with Crippen LogP contribution in [-0.4, -0.2) is 15.6 Å². The molecule has 0 aliphatic rings. The van der Waals surface area contributed by atoms with Crippen molar-refractivity contribution in [2.45, 2.75) is 6.54 Å². The summed E-state index contributed by atoms with van der Waals surface area (Å²) < 4.78 is 1.26. The summed E-state index contributed by atoms with van der Waals surface area (Å²) >= 11 is 0. The number of fused-ring (bicyclic) bond motifs is 1. The molecule has 4 heteroatoms. The van der Waals surface area contributed by atoms with E-state index in [-0.39, 0.29) is 17.9 Å². The number of aromatic nitrogens is 2. The Morgan fingerprint density at radius 1 is 0.769 bits per heavy atom. The molecule has 0 amide bonds. The van der Waals surface area contributed by atoms with Gasteiger partial charge in [-0.25, -0.2) is 4.68 Å². The highest BCUT2D eigenvalue weighted by Crippen LogP contribution is 2.24. The van der Waals surface area contributed by atoms with E-state index in [2.05, 4.69) is 5.10 Å².